The lowest BCUT2D eigenvalue weighted by Crippen LogP contribution is -2.39. The van der Waals surface area contributed by atoms with Crippen molar-refractivity contribution < 1.29 is 14.6 Å². The van der Waals surface area contributed by atoms with Gasteiger partial charge in [0.05, 0.1) is 18.8 Å². The second kappa shape index (κ2) is 5.35. The predicted octanol–water partition coefficient (Wildman–Crippen LogP) is 0.933. The van der Waals surface area contributed by atoms with Crippen molar-refractivity contribution in [2.45, 2.75) is 18.9 Å². The summed E-state index contributed by atoms with van der Waals surface area (Å²) in [6.07, 6.45) is 2.92. The summed E-state index contributed by atoms with van der Waals surface area (Å²) in [4.78, 5) is 17.8. The third-order valence-corrected chi connectivity index (χ3v) is 3.28. The van der Waals surface area contributed by atoms with Crippen molar-refractivity contribution in [2.24, 2.45) is 5.92 Å². The highest BCUT2D eigenvalue weighted by molar-refractivity contribution is 5.93. The fourth-order valence-corrected chi connectivity index (χ4v) is 2.17. The molecule has 1 aromatic heterocycles. The molecule has 98 valence electrons. The number of nitrogens with zero attached hydrogens (tertiary/aromatic N) is 2. The van der Waals surface area contributed by atoms with Crippen molar-refractivity contribution in [3.63, 3.8) is 0 Å². The molecule has 1 heterocycles. The predicted molar refractivity (Wildman–Crippen MR) is 66.5 cm³/mol. The number of hydrogen-bond donors (Lipinski definition) is 1. The van der Waals surface area contributed by atoms with E-state index in [1.54, 1.807) is 24.1 Å². The van der Waals surface area contributed by atoms with E-state index in [-0.39, 0.29) is 12.0 Å². The van der Waals surface area contributed by atoms with Crippen LogP contribution in [0.3, 0.4) is 0 Å². The monoisotopic (exact) mass is 250 g/mol. The van der Waals surface area contributed by atoms with E-state index in [1.165, 1.54) is 13.3 Å². The van der Waals surface area contributed by atoms with E-state index in [9.17, 15) is 9.90 Å². The van der Waals surface area contributed by atoms with Gasteiger partial charge in [0.2, 0.25) is 5.88 Å². The maximum absolute atomic E-state index is 12.1. The number of carbonyl (C=O) groups is 1. The number of pyridine rings is 1. The first kappa shape index (κ1) is 12.8. The number of aliphatic hydroxyl groups is 1. The number of methoxy groups -OCH3 is 1. The maximum Gasteiger partial charge on any atom is 0.255 e. The summed E-state index contributed by atoms with van der Waals surface area (Å²) in [6.45, 7) is 0.682. The highest BCUT2D eigenvalue weighted by Gasteiger charge is 2.29. The van der Waals surface area contributed by atoms with E-state index < -0.39 is 0 Å². The van der Waals surface area contributed by atoms with Crippen molar-refractivity contribution in [2.75, 3.05) is 20.7 Å². The van der Waals surface area contributed by atoms with E-state index in [0.29, 0.717) is 23.9 Å². The topological polar surface area (TPSA) is 62.7 Å². The average Bonchev–Trinajstić information content (AvgIpc) is 2.36. The molecule has 1 amide bonds. The van der Waals surface area contributed by atoms with Gasteiger partial charge >= 0.3 is 0 Å². The number of ether oxygens (including phenoxy) is 1. The minimum atomic E-state index is -0.179. The maximum atomic E-state index is 12.1. The normalized spacial score (nSPS) is 22.2. The molecular weight excluding hydrogens is 232 g/mol. The molecule has 1 aliphatic rings. The molecule has 18 heavy (non-hydrogen) atoms. The highest BCUT2D eigenvalue weighted by atomic mass is 16.5. The van der Waals surface area contributed by atoms with Crippen molar-refractivity contribution in [3.8, 4) is 5.88 Å². The summed E-state index contributed by atoms with van der Waals surface area (Å²) in [5.74, 6) is 0.864. The van der Waals surface area contributed by atoms with Gasteiger partial charge in [-0.05, 0) is 24.8 Å². The third kappa shape index (κ3) is 2.79. The van der Waals surface area contributed by atoms with E-state index >= 15 is 0 Å². The molecule has 0 aromatic carbocycles. The molecule has 1 aromatic rings. The van der Waals surface area contributed by atoms with Crippen LogP contribution < -0.4 is 4.74 Å². The summed E-state index contributed by atoms with van der Waals surface area (Å²) in [5, 5.41) is 9.22. The van der Waals surface area contributed by atoms with Gasteiger partial charge in [0.15, 0.2) is 0 Å². The third-order valence-electron chi connectivity index (χ3n) is 3.28. The Balaban J connectivity index is 1.92. The number of rotatable bonds is 4. The quantitative estimate of drug-likeness (QED) is 0.863. The van der Waals surface area contributed by atoms with Crippen LogP contribution in [0.4, 0.5) is 0 Å². The van der Waals surface area contributed by atoms with Crippen molar-refractivity contribution in [3.05, 3.63) is 23.9 Å². The van der Waals surface area contributed by atoms with Crippen LogP contribution in [-0.2, 0) is 0 Å². The smallest absolute Gasteiger partial charge is 0.255 e. The molecule has 0 radical (unpaired) electrons. The molecule has 5 heteroatoms. The Morgan fingerprint density at radius 2 is 2.28 bits per heavy atom. The van der Waals surface area contributed by atoms with Gasteiger partial charge in [0.1, 0.15) is 0 Å². The van der Waals surface area contributed by atoms with Gasteiger partial charge in [-0.1, -0.05) is 0 Å². The fourth-order valence-electron chi connectivity index (χ4n) is 2.17. The van der Waals surface area contributed by atoms with Crippen LogP contribution in [-0.4, -0.2) is 47.7 Å². The standard InChI is InChI=1S/C13H18N2O3/c1-15(8-9-5-11(16)6-9)13(17)10-3-4-12(18-2)14-7-10/h3-4,7,9,11,16H,5-6,8H2,1-2H3. The minimum Gasteiger partial charge on any atom is -0.481 e. The zero-order chi connectivity index (χ0) is 13.1. The van der Waals surface area contributed by atoms with Gasteiger partial charge in [-0.3, -0.25) is 4.79 Å². The Bertz CT molecular complexity index is 413. The minimum absolute atomic E-state index is 0.0495. The fraction of sp³-hybridized carbons (Fsp3) is 0.538. The lowest BCUT2D eigenvalue weighted by molar-refractivity contribution is 0.0265. The van der Waals surface area contributed by atoms with Crippen LogP contribution in [0.15, 0.2) is 18.3 Å². The summed E-state index contributed by atoms with van der Waals surface area (Å²) in [5.41, 5.74) is 0.554. The molecule has 2 rings (SSSR count). The van der Waals surface area contributed by atoms with Crippen LogP contribution in [0.2, 0.25) is 0 Å². The zero-order valence-electron chi connectivity index (χ0n) is 10.7. The van der Waals surface area contributed by atoms with Crippen LogP contribution in [0, 0.1) is 5.92 Å². The van der Waals surface area contributed by atoms with Gasteiger partial charge in [-0.15, -0.1) is 0 Å². The van der Waals surface area contributed by atoms with Gasteiger partial charge in [0, 0.05) is 25.9 Å². The second-order valence-corrected chi connectivity index (χ2v) is 4.77. The molecule has 0 bridgehead atoms. The first-order chi connectivity index (χ1) is 8.60. The number of aromatic nitrogens is 1. The number of amides is 1. The number of aliphatic hydroxyl groups excluding tert-OH is 1. The van der Waals surface area contributed by atoms with E-state index in [4.69, 9.17) is 4.74 Å². The first-order valence-corrected chi connectivity index (χ1v) is 6.03. The lowest BCUT2D eigenvalue weighted by atomic mass is 9.82. The summed E-state index contributed by atoms with van der Waals surface area (Å²) >= 11 is 0. The van der Waals surface area contributed by atoms with Gasteiger partial charge in [-0.25, -0.2) is 4.98 Å². The van der Waals surface area contributed by atoms with Crippen LogP contribution in [0.1, 0.15) is 23.2 Å². The number of carbonyl (C=O) groups excluding carboxylic acids is 1. The van der Waals surface area contributed by atoms with E-state index in [0.717, 1.165) is 12.8 Å². The molecular formula is C13H18N2O3. The molecule has 0 spiro atoms. The molecule has 0 aliphatic heterocycles. The van der Waals surface area contributed by atoms with Crippen LogP contribution >= 0.6 is 0 Å². The average molecular weight is 250 g/mol. The molecule has 0 saturated heterocycles. The summed E-state index contributed by atoms with van der Waals surface area (Å²) < 4.78 is 4.95. The van der Waals surface area contributed by atoms with Gasteiger partial charge in [-0.2, -0.15) is 0 Å². The first-order valence-electron chi connectivity index (χ1n) is 6.03. The summed E-state index contributed by atoms with van der Waals surface area (Å²) in [6, 6.07) is 3.38. The molecule has 1 saturated carbocycles. The summed E-state index contributed by atoms with van der Waals surface area (Å²) in [7, 11) is 3.31. The number of hydrogen-bond acceptors (Lipinski definition) is 4. The van der Waals surface area contributed by atoms with Gasteiger partial charge < -0.3 is 14.7 Å². The highest BCUT2D eigenvalue weighted by Crippen LogP contribution is 2.27. The van der Waals surface area contributed by atoms with E-state index in [1.807, 2.05) is 0 Å². The molecule has 1 N–H and O–H groups in total. The Labute approximate surface area is 106 Å². The largest absolute Gasteiger partial charge is 0.481 e. The molecule has 1 aliphatic carbocycles. The Morgan fingerprint density at radius 3 is 2.78 bits per heavy atom. The molecule has 1 fully saturated rings. The van der Waals surface area contributed by atoms with Crippen molar-refractivity contribution >= 4 is 5.91 Å². The molecule has 0 unspecified atom stereocenters. The van der Waals surface area contributed by atoms with Crippen molar-refractivity contribution in [1.29, 1.82) is 0 Å². The Kier molecular flexibility index (Phi) is 3.81. The van der Waals surface area contributed by atoms with Crippen LogP contribution in [0.5, 0.6) is 5.88 Å². The second-order valence-electron chi connectivity index (χ2n) is 4.77. The molecule has 0 atom stereocenters. The van der Waals surface area contributed by atoms with E-state index in [2.05, 4.69) is 4.98 Å². The van der Waals surface area contributed by atoms with Crippen molar-refractivity contribution in [1.82, 2.24) is 9.88 Å². The zero-order valence-corrected chi connectivity index (χ0v) is 10.7. The Hall–Kier alpha value is -1.62. The molecule has 5 nitrogen and oxygen atoms in total. The van der Waals surface area contributed by atoms with Gasteiger partial charge in [0.25, 0.3) is 5.91 Å². The Morgan fingerprint density at radius 1 is 1.56 bits per heavy atom. The van der Waals surface area contributed by atoms with Crippen LogP contribution in [0.25, 0.3) is 0 Å². The SMILES string of the molecule is COc1ccc(C(=O)N(C)CC2CC(O)C2)cn1. The lowest BCUT2D eigenvalue weighted by Gasteiger charge is -2.34.